The van der Waals surface area contributed by atoms with E-state index in [1.54, 1.807) is 4.90 Å². The van der Waals surface area contributed by atoms with Crippen LogP contribution in [0.3, 0.4) is 0 Å². The zero-order chi connectivity index (χ0) is 24.5. The van der Waals surface area contributed by atoms with E-state index >= 15 is 0 Å². The van der Waals surface area contributed by atoms with Gasteiger partial charge in [0.1, 0.15) is 0 Å². The van der Waals surface area contributed by atoms with Crippen LogP contribution in [-0.2, 0) is 6.42 Å². The van der Waals surface area contributed by atoms with Crippen molar-refractivity contribution in [1.29, 1.82) is 0 Å². The summed E-state index contributed by atoms with van der Waals surface area (Å²) in [6.45, 7) is 16.4. The molecule has 0 saturated heterocycles. The minimum Gasteiger partial charge on any atom is -0.389 e. The molecule has 2 atom stereocenters. The first-order valence-electron chi connectivity index (χ1n) is 11.5. The van der Waals surface area contributed by atoms with Gasteiger partial charge < -0.3 is 26.0 Å². The lowest BCUT2D eigenvalue weighted by atomic mass is 10.0. The Kier molecular flexibility index (Phi) is 10.5. The molecule has 4 amide bonds. The second kappa shape index (κ2) is 12.1. The number of nitrogens with zero attached hydrogens (tertiary/aromatic N) is 1. The SMILES string of the molecule is CC(C)CCN(C[C@@H](O)[C@H](Cc1ccccc1)NC(=O)NC(C)(C)C)C(=O)NC(C)(C)C. The average Bonchev–Trinajstić information content (AvgIpc) is 2.62. The molecule has 0 aliphatic heterocycles. The fraction of sp³-hybridized carbons (Fsp3) is 0.680. The van der Waals surface area contributed by atoms with E-state index in [9.17, 15) is 14.7 Å². The summed E-state index contributed by atoms with van der Waals surface area (Å²) in [7, 11) is 0. The Bertz CT molecular complexity index is 708. The monoisotopic (exact) mass is 448 g/mol. The summed E-state index contributed by atoms with van der Waals surface area (Å²) in [4.78, 5) is 27.1. The molecular formula is C25H44N4O3. The van der Waals surface area contributed by atoms with Crippen molar-refractivity contribution in [3.05, 3.63) is 35.9 Å². The molecule has 0 unspecified atom stereocenters. The summed E-state index contributed by atoms with van der Waals surface area (Å²) in [6.07, 6.45) is 0.350. The van der Waals surface area contributed by atoms with E-state index in [4.69, 9.17) is 0 Å². The fourth-order valence-corrected chi connectivity index (χ4v) is 3.14. The van der Waals surface area contributed by atoms with Crippen LogP contribution in [0.5, 0.6) is 0 Å². The van der Waals surface area contributed by atoms with Gasteiger partial charge in [0.05, 0.1) is 18.7 Å². The Morgan fingerprint density at radius 1 is 0.969 bits per heavy atom. The number of nitrogens with one attached hydrogen (secondary N) is 3. The minimum absolute atomic E-state index is 0.127. The Hall–Kier alpha value is -2.28. The van der Waals surface area contributed by atoms with Gasteiger partial charge in [0.25, 0.3) is 0 Å². The first kappa shape index (κ1) is 27.8. The van der Waals surface area contributed by atoms with Crippen molar-refractivity contribution in [2.24, 2.45) is 5.92 Å². The van der Waals surface area contributed by atoms with Crippen LogP contribution < -0.4 is 16.0 Å². The van der Waals surface area contributed by atoms with Gasteiger partial charge in [0.15, 0.2) is 0 Å². The van der Waals surface area contributed by atoms with Crippen LogP contribution in [0.4, 0.5) is 9.59 Å². The third-order valence-electron chi connectivity index (χ3n) is 4.72. The molecule has 7 nitrogen and oxygen atoms in total. The molecular weight excluding hydrogens is 404 g/mol. The average molecular weight is 449 g/mol. The van der Waals surface area contributed by atoms with E-state index in [-0.39, 0.29) is 24.1 Å². The Morgan fingerprint density at radius 2 is 1.53 bits per heavy atom. The van der Waals surface area contributed by atoms with E-state index in [1.165, 1.54) is 0 Å². The number of benzene rings is 1. The van der Waals surface area contributed by atoms with Crippen LogP contribution in [0.25, 0.3) is 0 Å². The summed E-state index contributed by atoms with van der Waals surface area (Å²) in [5.74, 6) is 0.424. The number of rotatable bonds is 9. The van der Waals surface area contributed by atoms with Crippen molar-refractivity contribution in [2.75, 3.05) is 13.1 Å². The molecule has 0 radical (unpaired) electrons. The van der Waals surface area contributed by atoms with E-state index < -0.39 is 17.7 Å². The summed E-state index contributed by atoms with van der Waals surface area (Å²) in [6, 6.07) is 8.61. The van der Waals surface area contributed by atoms with E-state index in [0.717, 1.165) is 12.0 Å². The van der Waals surface area contributed by atoms with Gasteiger partial charge in [0.2, 0.25) is 0 Å². The number of carbonyl (C=O) groups excluding carboxylic acids is 2. The van der Waals surface area contributed by atoms with Crippen LogP contribution in [0.1, 0.15) is 67.4 Å². The molecule has 1 aromatic rings. The lowest BCUT2D eigenvalue weighted by Gasteiger charge is -2.33. The van der Waals surface area contributed by atoms with Crippen molar-refractivity contribution in [3.63, 3.8) is 0 Å². The topological polar surface area (TPSA) is 93.7 Å². The summed E-state index contributed by atoms with van der Waals surface area (Å²) >= 11 is 0. The third kappa shape index (κ3) is 11.9. The first-order valence-corrected chi connectivity index (χ1v) is 11.5. The maximum absolute atomic E-state index is 12.9. The van der Waals surface area contributed by atoms with Gasteiger partial charge in [-0.25, -0.2) is 9.59 Å². The number of aliphatic hydroxyl groups excluding tert-OH is 1. The molecule has 7 heteroatoms. The Labute approximate surface area is 194 Å². The van der Waals surface area contributed by atoms with Crippen molar-refractivity contribution in [3.8, 4) is 0 Å². The van der Waals surface area contributed by atoms with E-state index in [1.807, 2.05) is 71.9 Å². The summed E-state index contributed by atoms with van der Waals surface area (Å²) in [5.41, 5.74) is 0.217. The van der Waals surface area contributed by atoms with Gasteiger partial charge >= 0.3 is 12.1 Å². The number of aliphatic hydroxyl groups is 1. The number of hydrogen-bond acceptors (Lipinski definition) is 3. The van der Waals surface area contributed by atoms with Crippen LogP contribution in [0.2, 0.25) is 0 Å². The molecule has 0 bridgehead atoms. The normalized spacial score (nSPS) is 13.9. The molecule has 0 saturated carbocycles. The molecule has 0 aromatic heterocycles. The van der Waals surface area contributed by atoms with Crippen LogP contribution in [-0.4, -0.2) is 58.4 Å². The number of hydrogen-bond donors (Lipinski definition) is 4. The molecule has 0 aliphatic rings. The highest BCUT2D eigenvalue weighted by Gasteiger charge is 2.28. The number of carbonyl (C=O) groups is 2. The third-order valence-corrected chi connectivity index (χ3v) is 4.72. The highest BCUT2D eigenvalue weighted by Crippen LogP contribution is 2.12. The van der Waals surface area contributed by atoms with Crippen LogP contribution in [0, 0.1) is 5.92 Å². The molecule has 0 fully saturated rings. The molecule has 1 rings (SSSR count). The lowest BCUT2D eigenvalue weighted by Crippen LogP contribution is -2.57. The van der Waals surface area contributed by atoms with Crippen LogP contribution >= 0.6 is 0 Å². The highest BCUT2D eigenvalue weighted by atomic mass is 16.3. The second-order valence-electron chi connectivity index (χ2n) is 11.0. The molecule has 182 valence electrons. The molecule has 1 aromatic carbocycles. The minimum atomic E-state index is -0.932. The molecule has 0 aliphatic carbocycles. The first-order chi connectivity index (χ1) is 14.7. The fourth-order valence-electron chi connectivity index (χ4n) is 3.14. The Balaban J connectivity index is 3.02. The highest BCUT2D eigenvalue weighted by molar-refractivity contribution is 5.76. The number of urea groups is 2. The summed E-state index contributed by atoms with van der Waals surface area (Å²) in [5, 5.41) is 19.9. The van der Waals surface area contributed by atoms with Gasteiger partial charge in [-0.05, 0) is 65.9 Å². The standard InChI is InChI=1S/C25H44N4O3/c1-18(2)14-15-29(23(32)28-25(6,7)8)17-21(30)20(16-19-12-10-9-11-13-19)26-22(31)27-24(3,4)5/h9-13,18,20-21,30H,14-17H2,1-8H3,(H,28,32)(H2,26,27,31)/t20-,21+/m0/s1. The predicted octanol–water partition coefficient (Wildman–Crippen LogP) is 3.91. The quantitative estimate of drug-likeness (QED) is 0.461. The van der Waals surface area contributed by atoms with E-state index in [2.05, 4.69) is 29.8 Å². The van der Waals surface area contributed by atoms with Gasteiger partial charge in [-0.1, -0.05) is 44.2 Å². The predicted molar refractivity (Wildman–Crippen MR) is 131 cm³/mol. The lowest BCUT2D eigenvalue weighted by molar-refractivity contribution is 0.0870. The largest absolute Gasteiger partial charge is 0.389 e. The molecule has 32 heavy (non-hydrogen) atoms. The molecule has 4 N–H and O–H groups in total. The van der Waals surface area contributed by atoms with Crippen molar-refractivity contribution in [1.82, 2.24) is 20.9 Å². The van der Waals surface area contributed by atoms with Crippen molar-refractivity contribution in [2.45, 2.75) is 91.5 Å². The van der Waals surface area contributed by atoms with Crippen LogP contribution in [0.15, 0.2) is 30.3 Å². The van der Waals surface area contributed by atoms with E-state index in [0.29, 0.717) is 18.9 Å². The maximum atomic E-state index is 12.9. The van der Waals surface area contributed by atoms with Gasteiger partial charge in [-0.15, -0.1) is 0 Å². The Morgan fingerprint density at radius 3 is 2.03 bits per heavy atom. The smallest absolute Gasteiger partial charge is 0.317 e. The number of amides is 4. The van der Waals surface area contributed by atoms with Gasteiger partial charge in [-0.3, -0.25) is 0 Å². The zero-order valence-corrected chi connectivity index (χ0v) is 21.2. The van der Waals surface area contributed by atoms with Crippen molar-refractivity contribution < 1.29 is 14.7 Å². The second-order valence-corrected chi connectivity index (χ2v) is 11.0. The van der Waals surface area contributed by atoms with Crippen molar-refractivity contribution >= 4 is 12.1 Å². The summed E-state index contributed by atoms with van der Waals surface area (Å²) < 4.78 is 0. The molecule has 0 heterocycles. The maximum Gasteiger partial charge on any atom is 0.317 e. The zero-order valence-electron chi connectivity index (χ0n) is 21.2. The molecule has 0 spiro atoms. The van der Waals surface area contributed by atoms with Gasteiger partial charge in [-0.2, -0.15) is 0 Å². The van der Waals surface area contributed by atoms with Gasteiger partial charge in [0, 0.05) is 17.6 Å².